The molecule has 1 aliphatic rings. The summed E-state index contributed by atoms with van der Waals surface area (Å²) in [4.78, 5) is 12.6. The number of amides is 1. The monoisotopic (exact) mass is 397 g/mol. The van der Waals surface area contributed by atoms with Crippen LogP contribution in [0.25, 0.3) is 11.4 Å². The number of thioether (sulfide) groups is 1. The van der Waals surface area contributed by atoms with Crippen molar-refractivity contribution in [3.05, 3.63) is 59.4 Å². The largest absolute Gasteiger partial charge is 0.335 e. The second-order valence-electron chi connectivity index (χ2n) is 6.77. The molecule has 0 saturated heterocycles. The molecule has 0 bridgehead atoms. The Kier molecular flexibility index (Phi) is 5.04. The van der Waals surface area contributed by atoms with Crippen LogP contribution in [-0.4, -0.2) is 26.0 Å². The summed E-state index contributed by atoms with van der Waals surface area (Å²) in [6, 6.07) is 11.9. The van der Waals surface area contributed by atoms with Gasteiger partial charge in [-0.2, -0.15) is 0 Å². The summed E-state index contributed by atoms with van der Waals surface area (Å²) >= 11 is 1.22. The number of nitrogen functional groups attached to an aromatic ring is 1. The fourth-order valence-corrected chi connectivity index (χ4v) is 4.03. The maximum absolute atomic E-state index is 13.1. The molecule has 1 heterocycles. The Bertz CT molecular complexity index is 1020. The van der Waals surface area contributed by atoms with Crippen LogP contribution in [0, 0.1) is 5.82 Å². The van der Waals surface area contributed by atoms with Gasteiger partial charge in [0.05, 0.1) is 5.25 Å². The molecule has 0 radical (unpaired) electrons. The molecule has 2 aromatic carbocycles. The number of nitrogens with one attached hydrogen (secondary N) is 1. The van der Waals surface area contributed by atoms with Crippen molar-refractivity contribution in [3.63, 3.8) is 0 Å². The summed E-state index contributed by atoms with van der Waals surface area (Å²) in [5, 5.41) is 11.1. The van der Waals surface area contributed by atoms with E-state index in [1.54, 1.807) is 19.1 Å². The van der Waals surface area contributed by atoms with E-state index in [0.29, 0.717) is 16.5 Å². The number of benzene rings is 2. The summed E-state index contributed by atoms with van der Waals surface area (Å²) in [5.41, 5.74) is 4.13. The number of fused-ring (bicyclic) bond motifs is 1. The van der Waals surface area contributed by atoms with Gasteiger partial charge in [-0.15, -0.1) is 10.2 Å². The molecule has 3 N–H and O–H groups in total. The van der Waals surface area contributed by atoms with E-state index in [1.165, 1.54) is 46.1 Å². The van der Waals surface area contributed by atoms with Crippen molar-refractivity contribution in [2.75, 3.05) is 11.2 Å². The molecule has 4 rings (SSSR count). The van der Waals surface area contributed by atoms with E-state index in [9.17, 15) is 9.18 Å². The molecule has 6 nitrogen and oxygen atoms in total. The molecule has 0 saturated carbocycles. The lowest BCUT2D eigenvalue weighted by Gasteiger charge is -2.12. The third kappa shape index (κ3) is 3.73. The number of anilines is 1. The lowest BCUT2D eigenvalue weighted by Crippen LogP contribution is -2.23. The highest BCUT2D eigenvalue weighted by Gasteiger charge is 2.21. The Labute approximate surface area is 166 Å². The van der Waals surface area contributed by atoms with Gasteiger partial charge in [-0.05, 0) is 73.7 Å². The van der Waals surface area contributed by atoms with Gasteiger partial charge in [0.15, 0.2) is 5.82 Å². The number of hydrogen-bond acceptors (Lipinski definition) is 5. The Morgan fingerprint density at radius 3 is 2.71 bits per heavy atom. The highest BCUT2D eigenvalue weighted by atomic mass is 32.2. The molecular formula is C20H20FN5OS. The normalized spacial score (nSPS) is 13.9. The van der Waals surface area contributed by atoms with E-state index in [0.717, 1.165) is 18.5 Å². The number of hydrogen-bond donors (Lipinski definition) is 2. The Balaban J connectivity index is 1.44. The van der Waals surface area contributed by atoms with Gasteiger partial charge in [-0.3, -0.25) is 4.79 Å². The number of aryl methyl sites for hydroxylation is 2. The molecule has 1 aliphatic carbocycles. The van der Waals surface area contributed by atoms with Gasteiger partial charge in [0, 0.05) is 11.3 Å². The van der Waals surface area contributed by atoms with Crippen LogP contribution in [0.5, 0.6) is 0 Å². The number of carbonyl (C=O) groups excluding carboxylic acids is 1. The van der Waals surface area contributed by atoms with Gasteiger partial charge in [0.1, 0.15) is 5.82 Å². The summed E-state index contributed by atoms with van der Waals surface area (Å²) in [5.74, 6) is 6.03. The summed E-state index contributed by atoms with van der Waals surface area (Å²) < 4.78 is 14.4. The molecule has 1 amide bonds. The molecule has 1 atom stereocenters. The average Bonchev–Trinajstić information content (AvgIpc) is 3.29. The first kappa shape index (κ1) is 18.5. The SMILES string of the molecule is C[C@@H](Sc1nnc(-c2ccc(F)cc2)n1N)C(=O)Nc1ccc2c(c1)CCC2. The third-order valence-corrected chi connectivity index (χ3v) is 5.84. The van der Waals surface area contributed by atoms with E-state index < -0.39 is 5.25 Å². The highest BCUT2D eigenvalue weighted by Crippen LogP contribution is 2.27. The number of nitrogens with two attached hydrogens (primary N) is 1. The lowest BCUT2D eigenvalue weighted by atomic mass is 10.1. The molecule has 0 unspecified atom stereocenters. The van der Waals surface area contributed by atoms with Crippen LogP contribution in [0.15, 0.2) is 47.6 Å². The van der Waals surface area contributed by atoms with Crippen LogP contribution in [0.2, 0.25) is 0 Å². The minimum Gasteiger partial charge on any atom is -0.335 e. The quantitative estimate of drug-likeness (QED) is 0.509. The Morgan fingerprint density at radius 2 is 1.93 bits per heavy atom. The van der Waals surface area contributed by atoms with Crippen molar-refractivity contribution in [1.82, 2.24) is 14.9 Å². The van der Waals surface area contributed by atoms with Crippen molar-refractivity contribution in [3.8, 4) is 11.4 Å². The molecule has 1 aromatic heterocycles. The maximum Gasteiger partial charge on any atom is 0.237 e. The zero-order chi connectivity index (χ0) is 19.7. The van der Waals surface area contributed by atoms with Crippen LogP contribution in [-0.2, 0) is 17.6 Å². The summed E-state index contributed by atoms with van der Waals surface area (Å²) in [6.45, 7) is 1.79. The molecule has 8 heteroatoms. The fourth-order valence-electron chi connectivity index (χ4n) is 3.26. The van der Waals surface area contributed by atoms with Crippen LogP contribution in [0.1, 0.15) is 24.5 Å². The first-order valence-electron chi connectivity index (χ1n) is 9.07. The molecule has 144 valence electrons. The van der Waals surface area contributed by atoms with Gasteiger partial charge in [0.25, 0.3) is 0 Å². The molecule has 28 heavy (non-hydrogen) atoms. The topological polar surface area (TPSA) is 85.8 Å². The van der Waals surface area contributed by atoms with Crippen molar-refractivity contribution in [1.29, 1.82) is 0 Å². The minimum absolute atomic E-state index is 0.130. The second kappa shape index (κ2) is 7.63. The standard InChI is InChI=1S/C20H20FN5OS/c1-12(19(27)23-17-10-7-13-3-2-4-15(13)11-17)28-20-25-24-18(26(20)22)14-5-8-16(21)9-6-14/h5-12H,2-4,22H2,1H3,(H,23,27)/t12-/m1/s1. The van der Waals surface area contributed by atoms with Gasteiger partial charge in [-0.1, -0.05) is 17.8 Å². The van der Waals surface area contributed by atoms with Crippen LogP contribution < -0.4 is 11.2 Å². The second-order valence-corrected chi connectivity index (χ2v) is 8.08. The summed E-state index contributed by atoms with van der Waals surface area (Å²) in [7, 11) is 0. The smallest absolute Gasteiger partial charge is 0.237 e. The Morgan fingerprint density at radius 1 is 1.18 bits per heavy atom. The predicted octanol–water partition coefficient (Wildman–Crippen LogP) is 3.41. The maximum atomic E-state index is 13.1. The van der Waals surface area contributed by atoms with Gasteiger partial charge >= 0.3 is 0 Å². The molecule has 0 spiro atoms. The van der Waals surface area contributed by atoms with Crippen molar-refractivity contribution >= 4 is 23.4 Å². The zero-order valence-corrected chi connectivity index (χ0v) is 16.2. The predicted molar refractivity (Wildman–Crippen MR) is 108 cm³/mol. The van der Waals surface area contributed by atoms with Gasteiger partial charge in [0.2, 0.25) is 11.1 Å². The molecule has 0 fully saturated rings. The lowest BCUT2D eigenvalue weighted by molar-refractivity contribution is -0.115. The van der Waals surface area contributed by atoms with E-state index >= 15 is 0 Å². The van der Waals surface area contributed by atoms with Gasteiger partial charge in [-0.25, -0.2) is 9.07 Å². The third-order valence-electron chi connectivity index (χ3n) is 4.78. The number of carbonyl (C=O) groups is 1. The van der Waals surface area contributed by atoms with E-state index in [1.807, 2.05) is 6.07 Å². The number of nitrogens with zero attached hydrogens (tertiary/aromatic N) is 3. The highest BCUT2D eigenvalue weighted by molar-refractivity contribution is 8.00. The average molecular weight is 397 g/mol. The molecular weight excluding hydrogens is 377 g/mol. The summed E-state index contributed by atoms with van der Waals surface area (Å²) in [6.07, 6.45) is 3.34. The van der Waals surface area contributed by atoms with Crippen LogP contribution >= 0.6 is 11.8 Å². The van der Waals surface area contributed by atoms with E-state index in [4.69, 9.17) is 5.84 Å². The molecule has 0 aliphatic heterocycles. The molecule has 3 aromatic rings. The number of rotatable bonds is 5. The van der Waals surface area contributed by atoms with Crippen LogP contribution in [0.4, 0.5) is 10.1 Å². The minimum atomic E-state index is -0.416. The van der Waals surface area contributed by atoms with Crippen LogP contribution in [0.3, 0.4) is 0 Å². The number of aromatic nitrogens is 3. The van der Waals surface area contributed by atoms with Crippen molar-refractivity contribution in [2.24, 2.45) is 0 Å². The van der Waals surface area contributed by atoms with Crippen molar-refractivity contribution < 1.29 is 9.18 Å². The fraction of sp³-hybridized carbons (Fsp3) is 0.250. The first-order valence-corrected chi connectivity index (χ1v) is 9.95. The van der Waals surface area contributed by atoms with Gasteiger partial charge < -0.3 is 11.2 Å². The zero-order valence-electron chi connectivity index (χ0n) is 15.4. The van der Waals surface area contributed by atoms with E-state index in [2.05, 4.69) is 27.6 Å². The first-order chi connectivity index (χ1) is 13.5. The Hall–Kier alpha value is -2.87. The van der Waals surface area contributed by atoms with E-state index in [-0.39, 0.29) is 11.7 Å². The number of halogens is 1. The van der Waals surface area contributed by atoms with Crippen molar-refractivity contribution in [2.45, 2.75) is 36.6 Å².